The predicted octanol–water partition coefficient (Wildman–Crippen LogP) is 2.92. The molecule has 0 atom stereocenters. The van der Waals surface area contributed by atoms with Crippen LogP contribution in [0.25, 0.3) is 0 Å². The van der Waals surface area contributed by atoms with Crippen molar-refractivity contribution in [2.45, 2.75) is 13.1 Å². The summed E-state index contributed by atoms with van der Waals surface area (Å²) in [6.07, 6.45) is -4.68. The number of benzene rings is 1. The van der Waals surface area contributed by atoms with Gasteiger partial charge in [0.2, 0.25) is 11.7 Å². The van der Waals surface area contributed by atoms with Crippen LogP contribution in [0, 0.1) is 6.92 Å². The van der Waals surface area contributed by atoms with Crippen LogP contribution in [-0.4, -0.2) is 20.7 Å². The van der Waals surface area contributed by atoms with Crippen molar-refractivity contribution in [1.82, 2.24) is 9.78 Å². The summed E-state index contributed by atoms with van der Waals surface area (Å²) in [5.74, 6) is -1.16. The number of rotatable bonds is 2. The van der Waals surface area contributed by atoms with Crippen molar-refractivity contribution in [3.05, 3.63) is 39.5 Å². The summed E-state index contributed by atoms with van der Waals surface area (Å²) in [6, 6.07) is 1.60. The highest BCUT2D eigenvalue weighted by Crippen LogP contribution is 2.39. The van der Waals surface area contributed by atoms with Crippen molar-refractivity contribution < 1.29 is 23.1 Å². The molecule has 9 heteroatoms. The van der Waals surface area contributed by atoms with Crippen LogP contribution in [0.3, 0.4) is 0 Å². The van der Waals surface area contributed by atoms with Gasteiger partial charge < -0.3 is 10.8 Å². The topological polar surface area (TPSA) is 81.1 Å². The third-order valence-corrected chi connectivity index (χ3v) is 3.56. The van der Waals surface area contributed by atoms with Gasteiger partial charge in [0, 0.05) is 12.6 Å². The molecule has 0 saturated carbocycles. The van der Waals surface area contributed by atoms with E-state index in [9.17, 15) is 23.1 Å². The van der Waals surface area contributed by atoms with Crippen LogP contribution in [0.4, 0.5) is 18.9 Å². The lowest BCUT2D eigenvalue weighted by atomic mass is 10.0. The molecule has 0 saturated heterocycles. The lowest BCUT2D eigenvalue weighted by Crippen LogP contribution is -2.12. The van der Waals surface area contributed by atoms with Crippen LogP contribution in [-0.2, 0) is 13.2 Å². The molecule has 0 spiro atoms. The summed E-state index contributed by atoms with van der Waals surface area (Å²) >= 11 is 5.81. The molecule has 0 radical (unpaired) electrons. The number of nitrogens with zero attached hydrogens (tertiary/aromatic N) is 2. The van der Waals surface area contributed by atoms with E-state index >= 15 is 0 Å². The van der Waals surface area contributed by atoms with E-state index in [0.29, 0.717) is 6.07 Å². The number of hydrogen-bond donors (Lipinski definition) is 2. The van der Waals surface area contributed by atoms with E-state index in [0.717, 1.165) is 10.7 Å². The molecule has 5 nitrogen and oxygen atoms in total. The van der Waals surface area contributed by atoms with E-state index in [4.69, 9.17) is 17.3 Å². The third-order valence-electron chi connectivity index (χ3n) is 3.15. The molecular weight excluding hydrogens is 323 g/mol. The maximum Gasteiger partial charge on any atom is 0.418 e. The maximum absolute atomic E-state index is 12.7. The van der Waals surface area contributed by atoms with Gasteiger partial charge in [0.1, 0.15) is 5.56 Å². The van der Waals surface area contributed by atoms with Crippen LogP contribution < -0.4 is 5.73 Å². The van der Waals surface area contributed by atoms with Gasteiger partial charge in [0.15, 0.2) is 0 Å². The highest BCUT2D eigenvalue weighted by Gasteiger charge is 2.35. The zero-order valence-electron chi connectivity index (χ0n) is 11.5. The summed E-state index contributed by atoms with van der Waals surface area (Å²) in [6.45, 7) is 1.48. The SMILES string of the molecule is Cc1nn(C)c(O)c1C(=O)c1ccc(C(F)(F)F)c(N)c1Cl. The monoisotopic (exact) mass is 333 g/mol. The number of halogens is 4. The number of nitrogen functional groups attached to an aromatic ring is 1. The van der Waals surface area contributed by atoms with Crippen molar-refractivity contribution in [3.63, 3.8) is 0 Å². The Morgan fingerprint density at radius 1 is 1.41 bits per heavy atom. The number of aromatic hydroxyl groups is 1. The first kappa shape index (κ1) is 16.2. The van der Waals surface area contributed by atoms with Crippen molar-refractivity contribution in [2.75, 3.05) is 5.73 Å². The fourth-order valence-corrected chi connectivity index (χ4v) is 2.31. The number of carbonyl (C=O) groups is 1. The van der Waals surface area contributed by atoms with Gasteiger partial charge in [0.05, 0.1) is 22.0 Å². The third kappa shape index (κ3) is 2.50. The zero-order valence-corrected chi connectivity index (χ0v) is 12.2. The van der Waals surface area contributed by atoms with Crippen LogP contribution in [0.15, 0.2) is 12.1 Å². The van der Waals surface area contributed by atoms with Gasteiger partial charge in [0.25, 0.3) is 0 Å². The molecule has 22 heavy (non-hydrogen) atoms. The molecule has 118 valence electrons. The first-order valence-corrected chi connectivity index (χ1v) is 6.36. The minimum absolute atomic E-state index is 0.136. The Morgan fingerprint density at radius 3 is 2.45 bits per heavy atom. The maximum atomic E-state index is 12.7. The largest absolute Gasteiger partial charge is 0.493 e. The second kappa shape index (κ2) is 5.20. The van der Waals surface area contributed by atoms with E-state index in [2.05, 4.69) is 5.10 Å². The molecule has 0 amide bonds. The smallest absolute Gasteiger partial charge is 0.418 e. The van der Waals surface area contributed by atoms with E-state index in [-0.39, 0.29) is 16.8 Å². The van der Waals surface area contributed by atoms with Crippen LogP contribution >= 0.6 is 11.6 Å². The van der Waals surface area contributed by atoms with Crippen molar-refractivity contribution in [3.8, 4) is 5.88 Å². The molecule has 0 aliphatic carbocycles. The van der Waals surface area contributed by atoms with E-state index in [1.165, 1.54) is 14.0 Å². The molecule has 0 fully saturated rings. The Hall–Kier alpha value is -2.22. The molecule has 1 heterocycles. The van der Waals surface area contributed by atoms with Gasteiger partial charge in [-0.2, -0.15) is 18.3 Å². The molecule has 0 unspecified atom stereocenters. The highest BCUT2D eigenvalue weighted by molar-refractivity contribution is 6.37. The van der Waals surface area contributed by atoms with Gasteiger partial charge >= 0.3 is 6.18 Å². The molecule has 2 aromatic rings. The number of aromatic nitrogens is 2. The number of ketones is 1. The van der Waals surface area contributed by atoms with Crippen molar-refractivity contribution >= 4 is 23.1 Å². The Bertz CT molecular complexity index is 769. The average Bonchev–Trinajstić information content (AvgIpc) is 2.64. The highest BCUT2D eigenvalue weighted by atomic mass is 35.5. The minimum atomic E-state index is -4.68. The number of hydrogen-bond acceptors (Lipinski definition) is 4. The molecule has 2 rings (SSSR count). The first-order chi connectivity index (χ1) is 10.1. The first-order valence-electron chi connectivity index (χ1n) is 5.98. The minimum Gasteiger partial charge on any atom is -0.493 e. The van der Waals surface area contributed by atoms with Gasteiger partial charge in [-0.15, -0.1) is 0 Å². The molecule has 0 bridgehead atoms. The van der Waals surface area contributed by atoms with Gasteiger partial charge in [-0.1, -0.05) is 11.6 Å². The lowest BCUT2D eigenvalue weighted by molar-refractivity contribution is -0.136. The van der Waals surface area contributed by atoms with Crippen molar-refractivity contribution in [1.29, 1.82) is 0 Å². The van der Waals surface area contributed by atoms with Crippen LogP contribution in [0.1, 0.15) is 27.2 Å². The molecule has 0 aliphatic heterocycles. The number of anilines is 1. The summed E-state index contributed by atoms with van der Waals surface area (Å²) in [5, 5.41) is 13.2. The summed E-state index contributed by atoms with van der Waals surface area (Å²) in [5.41, 5.74) is 3.37. The standard InChI is InChI=1S/C13H11ClF3N3O2/c1-5-8(12(22)20(2)19-5)11(21)6-3-4-7(13(15,16)17)10(18)9(6)14/h3-4,22H,18H2,1-2H3. The normalized spacial score (nSPS) is 11.7. The van der Waals surface area contributed by atoms with E-state index in [1.807, 2.05) is 0 Å². The fraction of sp³-hybridized carbons (Fsp3) is 0.231. The number of aryl methyl sites for hydroxylation is 2. The molecule has 1 aromatic heterocycles. The Kier molecular flexibility index (Phi) is 3.82. The van der Waals surface area contributed by atoms with E-state index < -0.39 is 34.1 Å². The van der Waals surface area contributed by atoms with Gasteiger partial charge in [-0.25, -0.2) is 4.68 Å². The average molecular weight is 334 g/mol. The van der Waals surface area contributed by atoms with Crippen LogP contribution in [0.5, 0.6) is 5.88 Å². The Morgan fingerprint density at radius 2 is 2.00 bits per heavy atom. The van der Waals surface area contributed by atoms with Crippen molar-refractivity contribution in [2.24, 2.45) is 7.05 Å². The van der Waals surface area contributed by atoms with Crippen LogP contribution in [0.2, 0.25) is 5.02 Å². The van der Waals surface area contributed by atoms with Gasteiger partial charge in [-0.3, -0.25) is 4.79 Å². The Labute approximate surface area is 128 Å². The number of nitrogens with two attached hydrogens (primary N) is 1. The quantitative estimate of drug-likeness (QED) is 0.654. The second-order valence-corrected chi connectivity index (χ2v) is 5.00. The Balaban J connectivity index is 2.59. The predicted molar refractivity (Wildman–Crippen MR) is 73.9 cm³/mol. The second-order valence-electron chi connectivity index (χ2n) is 4.62. The number of alkyl halides is 3. The van der Waals surface area contributed by atoms with Gasteiger partial charge in [-0.05, 0) is 19.1 Å². The molecular formula is C13H11ClF3N3O2. The molecule has 3 N–H and O–H groups in total. The molecule has 1 aromatic carbocycles. The summed E-state index contributed by atoms with van der Waals surface area (Å²) < 4.78 is 39.3. The number of carbonyl (C=O) groups excluding carboxylic acids is 1. The fourth-order valence-electron chi connectivity index (χ4n) is 2.06. The molecule has 0 aliphatic rings. The zero-order chi connectivity index (χ0) is 16.8. The summed E-state index contributed by atoms with van der Waals surface area (Å²) in [7, 11) is 1.42. The lowest BCUT2D eigenvalue weighted by Gasteiger charge is -2.13. The van der Waals surface area contributed by atoms with E-state index in [1.54, 1.807) is 0 Å². The summed E-state index contributed by atoms with van der Waals surface area (Å²) in [4.78, 5) is 12.4.